The number of benzene rings is 1. The summed E-state index contributed by atoms with van der Waals surface area (Å²) in [5.74, 6) is 1.56. The molecule has 0 atom stereocenters. The zero-order chi connectivity index (χ0) is 13.0. The van der Waals surface area contributed by atoms with Gasteiger partial charge in [-0.05, 0) is 24.3 Å². The molecule has 0 bridgehead atoms. The van der Waals surface area contributed by atoms with E-state index in [9.17, 15) is 0 Å². The molecule has 0 amide bonds. The number of aromatic nitrogens is 1. The van der Waals surface area contributed by atoms with E-state index in [4.69, 9.17) is 15.7 Å². The number of para-hydroxylation sites is 1. The van der Waals surface area contributed by atoms with E-state index in [-0.39, 0.29) is 0 Å². The van der Waals surface area contributed by atoms with Crippen molar-refractivity contribution < 1.29 is 4.74 Å². The molecule has 0 aliphatic rings. The summed E-state index contributed by atoms with van der Waals surface area (Å²) in [5, 5.41) is 12.1. The minimum absolute atomic E-state index is 0.411. The predicted octanol–water partition coefficient (Wildman–Crippen LogP) is 2.29. The van der Waals surface area contributed by atoms with Crippen LogP contribution in [0.25, 0.3) is 0 Å². The highest BCUT2D eigenvalue weighted by Gasteiger charge is 2.09. The Labute approximate surface area is 105 Å². The summed E-state index contributed by atoms with van der Waals surface area (Å²) in [6.45, 7) is 0. The van der Waals surface area contributed by atoms with Crippen molar-refractivity contribution >= 4 is 17.3 Å². The van der Waals surface area contributed by atoms with Crippen LogP contribution in [0.4, 0.5) is 17.3 Å². The average Bonchev–Trinajstić information content (AvgIpc) is 2.39. The van der Waals surface area contributed by atoms with E-state index in [2.05, 4.69) is 16.4 Å². The molecule has 1 aromatic carbocycles. The molecule has 5 nitrogen and oxygen atoms in total. The van der Waals surface area contributed by atoms with E-state index in [1.807, 2.05) is 0 Å². The van der Waals surface area contributed by atoms with E-state index < -0.39 is 0 Å². The summed E-state index contributed by atoms with van der Waals surface area (Å²) in [4.78, 5) is 4.12. The lowest BCUT2D eigenvalue weighted by Gasteiger charge is -2.12. The molecular formula is C13H12N4O. The van der Waals surface area contributed by atoms with Gasteiger partial charge in [-0.25, -0.2) is 4.98 Å². The van der Waals surface area contributed by atoms with Crippen LogP contribution >= 0.6 is 0 Å². The van der Waals surface area contributed by atoms with Crippen LogP contribution in [0.1, 0.15) is 5.56 Å². The van der Waals surface area contributed by atoms with Crippen LogP contribution in [0.2, 0.25) is 0 Å². The van der Waals surface area contributed by atoms with Gasteiger partial charge in [-0.3, -0.25) is 0 Å². The first kappa shape index (κ1) is 11.7. The maximum atomic E-state index is 9.08. The lowest BCUT2D eigenvalue weighted by Crippen LogP contribution is -2.00. The highest BCUT2D eigenvalue weighted by Crippen LogP contribution is 2.30. The largest absolute Gasteiger partial charge is 0.495 e. The van der Waals surface area contributed by atoms with Gasteiger partial charge in [-0.1, -0.05) is 12.1 Å². The molecule has 0 aliphatic heterocycles. The number of hydrogen-bond acceptors (Lipinski definition) is 5. The van der Waals surface area contributed by atoms with E-state index in [0.29, 0.717) is 28.6 Å². The highest BCUT2D eigenvalue weighted by atomic mass is 16.5. The summed E-state index contributed by atoms with van der Waals surface area (Å²) in [7, 11) is 1.55. The van der Waals surface area contributed by atoms with Gasteiger partial charge in [-0.15, -0.1) is 0 Å². The third kappa shape index (κ3) is 2.33. The summed E-state index contributed by atoms with van der Waals surface area (Å²) >= 11 is 0. The Morgan fingerprint density at radius 2 is 2.06 bits per heavy atom. The maximum Gasteiger partial charge on any atom is 0.143 e. The third-order valence-electron chi connectivity index (χ3n) is 2.39. The predicted molar refractivity (Wildman–Crippen MR) is 69.6 cm³/mol. The standard InChI is InChI=1S/C13H12N4O/c1-18-10-5-2-4-9(8-14)13(10)17-12-7-3-6-11(15)16-12/h2-7H,1H3,(H3,15,16,17). The molecule has 0 saturated heterocycles. The molecule has 2 rings (SSSR count). The normalized spacial score (nSPS) is 9.56. The first-order valence-electron chi connectivity index (χ1n) is 5.31. The zero-order valence-electron chi connectivity index (χ0n) is 9.84. The monoisotopic (exact) mass is 240 g/mol. The molecule has 5 heteroatoms. The fourth-order valence-corrected chi connectivity index (χ4v) is 1.57. The SMILES string of the molecule is COc1cccc(C#N)c1Nc1cccc(N)n1. The molecule has 0 aliphatic carbocycles. The van der Waals surface area contributed by atoms with Crippen LogP contribution in [0, 0.1) is 11.3 Å². The second-order valence-corrected chi connectivity index (χ2v) is 3.57. The van der Waals surface area contributed by atoms with Gasteiger partial charge in [0.05, 0.1) is 12.7 Å². The van der Waals surface area contributed by atoms with E-state index in [0.717, 1.165) is 0 Å². The molecule has 0 fully saturated rings. The number of anilines is 3. The summed E-state index contributed by atoms with van der Waals surface area (Å²) in [6, 6.07) is 12.6. The Balaban J connectivity index is 2.42. The molecule has 1 heterocycles. The van der Waals surface area contributed by atoms with Crippen molar-refractivity contribution in [1.29, 1.82) is 5.26 Å². The smallest absolute Gasteiger partial charge is 0.143 e. The Morgan fingerprint density at radius 1 is 1.28 bits per heavy atom. The number of rotatable bonds is 3. The number of nitrogens with two attached hydrogens (primary N) is 1. The van der Waals surface area contributed by atoms with Crippen LogP contribution in [0.15, 0.2) is 36.4 Å². The molecule has 0 spiro atoms. The molecule has 2 aromatic rings. The molecule has 18 heavy (non-hydrogen) atoms. The number of nitriles is 1. The fourth-order valence-electron chi connectivity index (χ4n) is 1.57. The molecule has 3 N–H and O–H groups in total. The Bertz CT molecular complexity index is 604. The molecule has 1 aromatic heterocycles. The number of methoxy groups -OCH3 is 1. The first-order chi connectivity index (χ1) is 8.74. The molecule has 0 radical (unpaired) electrons. The van der Waals surface area contributed by atoms with Crippen LogP contribution < -0.4 is 15.8 Å². The van der Waals surface area contributed by atoms with Gasteiger partial charge in [-0.2, -0.15) is 5.26 Å². The molecule has 0 unspecified atom stereocenters. The lowest BCUT2D eigenvalue weighted by atomic mass is 10.2. The van der Waals surface area contributed by atoms with Crippen molar-refractivity contribution in [3.63, 3.8) is 0 Å². The fraction of sp³-hybridized carbons (Fsp3) is 0.0769. The number of pyridine rings is 1. The Kier molecular flexibility index (Phi) is 3.30. The van der Waals surface area contributed by atoms with E-state index in [1.165, 1.54) is 0 Å². The average molecular weight is 240 g/mol. The molecule has 90 valence electrons. The Hall–Kier alpha value is -2.74. The zero-order valence-corrected chi connectivity index (χ0v) is 9.84. The summed E-state index contributed by atoms with van der Waals surface area (Å²) in [6.07, 6.45) is 0. The first-order valence-corrected chi connectivity index (χ1v) is 5.31. The molecule has 0 saturated carbocycles. The van der Waals surface area contributed by atoms with Gasteiger partial charge in [0.15, 0.2) is 0 Å². The van der Waals surface area contributed by atoms with E-state index in [1.54, 1.807) is 43.5 Å². The number of hydrogen-bond donors (Lipinski definition) is 2. The Morgan fingerprint density at radius 3 is 2.72 bits per heavy atom. The lowest BCUT2D eigenvalue weighted by molar-refractivity contribution is 0.416. The van der Waals surface area contributed by atoms with Crippen molar-refractivity contribution in [3.05, 3.63) is 42.0 Å². The van der Waals surface area contributed by atoms with Crippen LogP contribution in [-0.4, -0.2) is 12.1 Å². The van der Waals surface area contributed by atoms with Crippen molar-refractivity contribution in [1.82, 2.24) is 4.98 Å². The van der Waals surface area contributed by atoms with Crippen molar-refractivity contribution in [2.75, 3.05) is 18.2 Å². The van der Waals surface area contributed by atoms with E-state index >= 15 is 0 Å². The quantitative estimate of drug-likeness (QED) is 0.859. The number of ether oxygens (including phenoxy) is 1. The van der Waals surface area contributed by atoms with Gasteiger partial charge < -0.3 is 15.8 Å². The van der Waals surface area contributed by atoms with Crippen molar-refractivity contribution in [3.8, 4) is 11.8 Å². The topological polar surface area (TPSA) is 84.0 Å². The second kappa shape index (κ2) is 5.06. The molecular weight excluding hydrogens is 228 g/mol. The minimum atomic E-state index is 0.411. The highest BCUT2D eigenvalue weighted by molar-refractivity contribution is 5.71. The van der Waals surface area contributed by atoms with Crippen LogP contribution in [0.5, 0.6) is 5.75 Å². The van der Waals surface area contributed by atoms with Gasteiger partial charge >= 0.3 is 0 Å². The summed E-state index contributed by atoms with van der Waals surface area (Å²) < 4.78 is 5.22. The van der Waals surface area contributed by atoms with Gasteiger partial charge in [0, 0.05) is 0 Å². The number of nitrogen functional groups attached to an aromatic ring is 1. The maximum absolute atomic E-state index is 9.08. The number of nitrogens with one attached hydrogen (secondary N) is 1. The minimum Gasteiger partial charge on any atom is -0.495 e. The van der Waals surface area contributed by atoms with Crippen LogP contribution in [-0.2, 0) is 0 Å². The van der Waals surface area contributed by atoms with Gasteiger partial charge in [0.1, 0.15) is 29.1 Å². The van der Waals surface area contributed by atoms with Crippen molar-refractivity contribution in [2.24, 2.45) is 0 Å². The number of nitrogens with zero attached hydrogens (tertiary/aromatic N) is 2. The van der Waals surface area contributed by atoms with Gasteiger partial charge in [0.25, 0.3) is 0 Å². The third-order valence-corrected chi connectivity index (χ3v) is 2.39. The second-order valence-electron chi connectivity index (χ2n) is 3.57. The van der Waals surface area contributed by atoms with Gasteiger partial charge in [0.2, 0.25) is 0 Å². The van der Waals surface area contributed by atoms with Crippen LogP contribution in [0.3, 0.4) is 0 Å². The van der Waals surface area contributed by atoms with Crippen molar-refractivity contribution in [2.45, 2.75) is 0 Å². The summed E-state index contributed by atoms with van der Waals surface area (Å²) in [5.41, 5.74) is 6.67.